The summed E-state index contributed by atoms with van der Waals surface area (Å²) in [6, 6.07) is 6.30. The third-order valence-corrected chi connectivity index (χ3v) is 7.28. The van der Waals surface area contributed by atoms with Crippen LogP contribution in [0.25, 0.3) is 10.9 Å². The maximum Gasteiger partial charge on any atom is 0.229 e. The number of benzene rings is 1. The minimum Gasteiger partial charge on any atom is -0.370 e. The third kappa shape index (κ3) is 4.86. The average Bonchev–Trinajstić information content (AvgIpc) is 3.72. The van der Waals surface area contributed by atoms with Crippen LogP contribution in [0.2, 0.25) is 0 Å². The molecule has 3 N–H and O–H groups in total. The second kappa shape index (κ2) is 9.24. The molecule has 34 heavy (non-hydrogen) atoms. The van der Waals surface area contributed by atoms with Gasteiger partial charge in [-0.2, -0.15) is 10.1 Å². The quantitative estimate of drug-likeness (QED) is 0.363. The van der Waals surface area contributed by atoms with Crippen LogP contribution in [0.15, 0.2) is 30.6 Å². The zero-order valence-corrected chi connectivity index (χ0v) is 19.6. The first kappa shape index (κ1) is 21.4. The largest absolute Gasteiger partial charge is 0.370 e. The zero-order chi connectivity index (χ0) is 22.9. The molecule has 1 aromatic carbocycles. The molecule has 0 atom stereocenters. The first-order chi connectivity index (χ1) is 16.7. The number of fused-ring (bicyclic) bond motifs is 1. The molecule has 3 saturated carbocycles. The van der Waals surface area contributed by atoms with Crippen LogP contribution in [0.4, 0.5) is 17.5 Å². The molecule has 2 heterocycles. The van der Waals surface area contributed by atoms with Gasteiger partial charge >= 0.3 is 0 Å². The summed E-state index contributed by atoms with van der Waals surface area (Å²) in [6.45, 7) is 2.47. The van der Waals surface area contributed by atoms with Crippen molar-refractivity contribution >= 4 is 34.3 Å². The Kier molecular flexibility index (Phi) is 5.81. The summed E-state index contributed by atoms with van der Waals surface area (Å²) in [7, 11) is 0. The van der Waals surface area contributed by atoms with E-state index in [4.69, 9.17) is 4.98 Å². The smallest absolute Gasteiger partial charge is 0.229 e. The van der Waals surface area contributed by atoms with Crippen molar-refractivity contribution in [2.24, 2.45) is 11.8 Å². The number of aromatic nitrogens is 4. The van der Waals surface area contributed by atoms with Crippen LogP contribution in [0.3, 0.4) is 0 Å². The molecule has 178 valence electrons. The topological polar surface area (TPSA) is 96.8 Å². The monoisotopic (exact) mass is 459 g/mol. The molecule has 6 rings (SSSR count). The van der Waals surface area contributed by atoms with Crippen molar-refractivity contribution in [3.63, 3.8) is 0 Å². The lowest BCUT2D eigenvalue weighted by atomic mass is 9.85. The molecule has 8 heteroatoms. The Labute approximate surface area is 199 Å². The van der Waals surface area contributed by atoms with Crippen molar-refractivity contribution in [2.45, 2.75) is 63.8 Å². The van der Waals surface area contributed by atoms with Crippen LogP contribution >= 0.6 is 0 Å². The van der Waals surface area contributed by atoms with Crippen LogP contribution < -0.4 is 16.0 Å². The van der Waals surface area contributed by atoms with E-state index in [-0.39, 0.29) is 11.8 Å². The van der Waals surface area contributed by atoms with Crippen LogP contribution in [-0.4, -0.2) is 38.7 Å². The molecule has 0 radical (unpaired) electrons. The lowest BCUT2D eigenvalue weighted by molar-refractivity contribution is -0.127. The van der Waals surface area contributed by atoms with E-state index in [2.05, 4.69) is 48.9 Å². The highest BCUT2D eigenvalue weighted by atomic mass is 16.1. The van der Waals surface area contributed by atoms with Gasteiger partial charge in [-0.3, -0.25) is 9.48 Å². The van der Waals surface area contributed by atoms with Crippen molar-refractivity contribution in [3.05, 3.63) is 36.2 Å². The number of anilines is 3. The first-order valence-electron chi connectivity index (χ1n) is 12.8. The molecule has 3 aliphatic rings. The molecule has 3 aromatic rings. The SMILES string of the molecule is O=C(NCCCNc1nc(Nc2ccc3cnn(CC4CC4)c3c2)ncc1C1CC1)C1CCC1. The number of rotatable bonds is 11. The summed E-state index contributed by atoms with van der Waals surface area (Å²) >= 11 is 0. The van der Waals surface area contributed by atoms with E-state index in [1.165, 1.54) is 37.7 Å². The minimum atomic E-state index is 0.217. The predicted molar refractivity (Wildman–Crippen MR) is 133 cm³/mol. The summed E-state index contributed by atoms with van der Waals surface area (Å²) in [4.78, 5) is 21.4. The average molecular weight is 460 g/mol. The number of nitrogens with zero attached hydrogens (tertiary/aromatic N) is 4. The first-order valence-corrected chi connectivity index (χ1v) is 12.8. The van der Waals surface area contributed by atoms with Gasteiger partial charge < -0.3 is 16.0 Å². The number of hydrogen-bond acceptors (Lipinski definition) is 6. The number of carbonyl (C=O) groups excluding carboxylic acids is 1. The number of carbonyl (C=O) groups is 1. The van der Waals surface area contributed by atoms with Crippen LogP contribution in [0.5, 0.6) is 0 Å². The summed E-state index contributed by atoms with van der Waals surface area (Å²) in [6.07, 6.45) is 13.1. The molecule has 3 aliphatic carbocycles. The van der Waals surface area contributed by atoms with Gasteiger partial charge in [-0.1, -0.05) is 6.42 Å². The Hall–Kier alpha value is -3.16. The Bertz CT molecular complexity index is 1180. The molecular weight excluding hydrogens is 426 g/mol. The van der Waals surface area contributed by atoms with Gasteiger partial charge in [-0.05, 0) is 75.0 Å². The molecule has 8 nitrogen and oxygen atoms in total. The number of amides is 1. The van der Waals surface area contributed by atoms with Gasteiger partial charge in [0.15, 0.2) is 0 Å². The van der Waals surface area contributed by atoms with Crippen molar-refractivity contribution in [1.82, 2.24) is 25.1 Å². The molecule has 2 aromatic heterocycles. The van der Waals surface area contributed by atoms with Gasteiger partial charge in [0, 0.05) is 48.4 Å². The maximum atomic E-state index is 12.0. The molecule has 1 amide bonds. The van der Waals surface area contributed by atoms with Gasteiger partial charge in [-0.15, -0.1) is 0 Å². The molecular formula is C26H33N7O. The Morgan fingerprint density at radius 3 is 2.71 bits per heavy atom. The molecule has 0 spiro atoms. The molecule has 0 unspecified atom stereocenters. The maximum absolute atomic E-state index is 12.0. The van der Waals surface area contributed by atoms with Crippen molar-refractivity contribution in [3.8, 4) is 0 Å². The van der Waals surface area contributed by atoms with E-state index in [0.717, 1.165) is 60.7 Å². The summed E-state index contributed by atoms with van der Waals surface area (Å²) in [5.74, 6) is 3.30. The summed E-state index contributed by atoms with van der Waals surface area (Å²) < 4.78 is 2.12. The van der Waals surface area contributed by atoms with Crippen LogP contribution in [-0.2, 0) is 11.3 Å². The standard InChI is InChI=1S/C26H33N7O/c34-25(19-3-1-4-19)28-12-2-11-27-24-22(18-7-8-18)15-29-26(32-24)31-21-10-9-20-14-30-33(23(20)13-21)16-17-5-6-17/h9-10,13-15,17-19H,1-8,11-12,16H2,(H,28,34)(H2,27,29,31,32). The van der Waals surface area contributed by atoms with Crippen LogP contribution in [0.1, 0.15) is 62.8 Å². The molecule has 0 saturated heterocycles. The highest BCUT2D eigenvalue weighted by Crippen LogP contribution is 2.43. The summed E-state index contributed by atoms with van der Waals surface area (Å²) in [5.41, 5.74) is 3.31. The summed E-state index contributed by atoms with van der Waals surface area (Å²) in [5, 5.41) is 15.7. The fraction of sp³-hybridized carbons (Fsp3) is 0.538. The van der Waals surface area contributed by atoms with Gasteiger partial charge in [0.2, 0.25) is 11.9 Å². The molecule has 3 fully saturated rings. The Balaban J connectivity index is 1.10. The van der Waals surface area contributed by atoms with E-state index < -0.39 is 0 Å². The second-order valence-corrected chi connectivity index (χ2v) is 10.1. The highest BCUT2D eigenvalue weighted by molar-refractivity contribution is 5.83. The van der Waals surface area contributed by atoms with Crippen LogP contribution in [0, 0.1) is 11.8 Å². The number of hydrogen-bond donors (Lipinski definition) is 3. The zero-order valence-electron chi connectivity index (χ0n) is 19.6. The van der Waals surface area contributed by atoms with Crippen molar-refractivity contribution < 1.29 is 4.79 Å². The molecule has 0 aliphatic heterocycles. The van der Waals surface area contributed by atoms with E-state index >= 15 is 0 Å². The van der Waals surface area contributed by atoms with E-state index in [1.807, 2.05) is 12.4 Å². The van der Waals surface area contributed by atoms with Crippen molar-refractivity contribution in [1.29, 1.82) is 0 Å². The second-order valence-electron chi connectivity index (χ2n) is 10.1. The van der Waals surface area contributed by atoms with Gasteiger partial charge in [0.1, 0.15) is 5.82 Å². The predicted octanol–water partition coefficient (Wildman–Crippen LogP) is 4.58. The fourth-order valence-corrected chi connectivity index (χ4v) is 4.58. The lowest BCUT2D eigenvalue weighted by Crippen LogP contribution is -2.35. The Morgan fingerprint density at radius 2 is 1.94 bits per heavy atom. The van der Waals surface area contributed by atoms with E-state index in [0.29, 0.717) is 18.4 Å². The Morgan fingerprint density at radius 1 is 1.06 bits per heavy atom. The number of nitrogens with one attached hydrogen (secondary N) is 3. The lowest BCUT2D eigenvalue weighted by Gasteiger charge is -2.24. The van der Waals surface area contributed by atoms with Gasteiger partial charge in [0.05, 0.1) is 11.7 Å². The fourth-order valence-electron chi connectivity index (χ4n) is 4.58. The van der Waals surface area contributed by atoms with E-state index in [1.54, 1.807) is 0 Å². The highest BCUT2D eigenvalue weighted by Gasteiger charge is 2.28. The van der Waals surface area contributed by atoms with E-state index in [9.17, 15) is 4.79 Å². The minimum absolute atomic E-state index is 0.217. The third-order valence-electron chi connectivity index (χ3n) is 7.28. The van der Waals surface area contributed by atoms with Gasteiger partial charge in [0.25, 0.3) is 0 Å². The molecule has 0 bridgehead atoms. The van der Waals surface area contributed by atoms with Crippen molar-refractivity contribution in [2.75, 3.05) is 23.7 Å². The normalized spacial score (nSPS) is 18.0. The van der Waals surface area contributed by atoms with Gasteiger partial charge in [-0.25, -0.2) is 4.98 Å².